The Kier molecular flexibility index (Phi) is 4.51. The van der Waals surface area contributed by atoms with Gasteiger partial charge in [-0.1, -0.05) is 6.92 Å². The summed E-state index contributed by atoms with van der Waals surface area (Å²) in [5.41, 5.74) is -0.730. The Morgan fingerprint density at radius 2 is 2.11 bits per heavy atom. The number of likely N-dealkylation sites (tertiary alicyclic amines) is 1. The molecule has 4 nitrogen and oxygen atoms in total. The SMILES string of the molecule is CCC1CCCN1CC(NC(C)C)(C(=O)O)C1CC1. The predicted molar refractivity (Wildman–Crippen MR) is 76.2 cm³/mol. The molecule has 1 saturated carbocycles. The molecule has 1 heterocycles. The third-order valence-electron chi connectivity index (χ3n) is 4.62. The molecule has 1 aliphatic carbocycles. The molecule has 2 aliphatic rings. The summed E-state index contributed by atoms with van der Waals surface area (Å²) in [5, 5.41) is 13.2. The molecule has 110 valence electrons. The number of carboxylic acid groups (broad SMARTS) is 1. The number of nitrogens with zero attached hydrogens (tertiary/aromatic N) is 1. The average Bonchev–Trinajstić information content (AvgIpc) is 3.09. The summed E-state index contributed by atoms with van der Waals surface area (Å²) in [5.74, 6) is -0.351. The number of hydrogen-bond acceptors (Lipinski definition) is 3. The number of rotatable bonds is 7. The summed E-state index contributed by atoms with van der Waals surface area (Å²) in [4.78, 5) is 14.3. The summed E-state index contributed by atoms with van der Waals surface area (Å²) in [7, 11) is 0. The maximum atomic E-state index is 11.9. The van der Waals surface area contributed by atoms with E-state index in [1.54, 1.807) is 0 Å². The third kappa shape index (κ3) is 3.11. The zero-order valence-electron chi connectivity index (χ0n) is 12.5. The van der Waals surface area contributed by atoms with E-state index in [1.165, 1.54) is 12.8 Å². The molecule has 4 heteroatoms. The predicted octanol–water partition coefficient (Wildman–Crippen LogP) is 2.09. The zero-order chi connectivity index (χ0) is 14.0. The van der Waals surface area contributed by atoms with Gasteiger partial charge < -0.3 is 5.11 Å². The topological polar surface area (TPSA) is 52.6 Å². The van der Waals surface area contributed by atoms with Gasteiger partial charge in [0.05, 0.1) is 0 Å². The van der Waals surface area contributed by atoms with E-state index in [0.29, 0.717) is 18.5 Å². The summed E-state index contributed by atoms with van der Waals surface area (Å²) in [6.07, 6.45) is 5.66. The maximum Gasteiger partial charge on any atom is 0.325 e. The molecule has 0 spiro atoms. The van der Waals surface area contributed by atoms with Gasteiger partial charge in [0.25, 0.3) is 0 Å². The fourth-order valence-corrected chi connectivity index (χ4v) is 3.57. The van der Waals surface area contributed by atoms with Crippen molar-refractivity contribution < 1.29 is 9.90 Å². The summed E-state index contributed by atoms with van der Waals surface area (Å²) < 4.78 is 0. The highest BCUT2D eigenvalue weighted by Gasteiger charge is 2.52. The molecule has 0 aromatic carbocycles. The van der Waals surface area contributed by atoms with Crippen LogP contribution in [0.15, 0.2) is 0 Å². The van der Waals surface area contributed by atoms with Crippen LogP contribution >= 0.6 is 0 Å². The van der Waals surface area contributed by atoms with Crippen molar-refractivity contribution in [1.82, 2.24) is 10.2 Å². The van der Waals surface area contributed by atoms with E-state index in [4.69, 9.17) is 0 Å². The van der Waals surface area contributed by atoms with Gasteiger partial charge in [0.2, 0.25) is 0 Å². The Labute approximate surface area is 116 Å². The van der Waals surface area contributed by atoms with E-state index in [9.17, 15) is 9.90 Å². The van der Waals surface area contributed by atoms with Crippen molar-refractivity contribution in [2.75, 3.05) is 13.1 Å². The van der Waals surface area contributed by atoms with Gasteiger partial charge in [0.15, 0.2) is 0 Å². The first kappa shape index (κ1) is 14.8. The van der Waals surface area contributed by atoms with Gasteiger partial charge >= 0.3 is 5.97 Å². The largest absolute Gasteiger partial charge is 0.480 e. The third-order valence-corrected chi connectivity index (χ3v) is 4.62. The second kappa shape index (κ2) is 5.80. The van der Waals surface area contributed by atoms with Crippen molar-refractivity contribution in [3.63, 3.8) is 0 Å². The summed E-state index contributed by atoms with van der Waals surface area (Å²) in [6.45, 7) is 8.02. The maximum absolute atomic E-state index is 11.9. The van der Waals surface area contributed by atoms with E-state index < -0.39 is 11.5 Å². The average molecular weight is 268 g/mol. The van der Waals surface area contributed by atoms with Crippen LogP contribution in [0.25, 0.3) is 0 Å². The molecule has 0 amide bonds. The molecule has 2 fully saturated rings. The molecule has 1 saturated heterocycles. The van der Waals surface area contributed by atoms with E-state index >= 15 is 0 Å². The van der Waals surface area contributed by atoms with E-state index in [2.05, 4.69) is 17.1 Å². The molecular weight excluding hydrogens is 240 g/mol. The smallest absolute Gasteiger partial charge is 0.325 e. The Hall–Kier alpha value is -0.610. The van der Waals surface area contributed by atoms with Crippen LogP contribution in [-0.4, -0.2) is 46.7 Å². The van der Waals surface area contributed by atoms with Gasteiger partial charge in [0, 0.05) is 18.6 Å². The first-order valence-electron chi connectivity index (χ1n) is 7.74. The normalized spacial score (nSPS) is 27.7. The molecule has 2 unspecified atom stereocenters. The molecule has 0 radical (unpaired) electrons. The van der Waals surface area contributed by atoms with Crippen molar-refractivity contribution in [2.24, 2.45) is 5.92 Å². The number of aliphatic carboxylic acids is 1. The van der Waals surface area contributed by atoms with Gasteiger partial charge in [0.1, 0.15) is 5.54 Å². The number of hydrogen-bond donors (Lipinski definition) is 2. The lowest BCUT2D eigenvalue weighted by Crippen LogP contribution is -2.63. The van der Waals surface area contributed by atoms with Gasteiger partial charge in [-0.2, -0.15) is 0 Å². The van der Waals surface area contributed by atoms with E-state index in [-0.39, 0.29) is 6.04 Å². The van der Waals surface area contributed by atoms with E-state index in [1.807, 2.05) is 13.8 Å². The lowest BCUT2D eigenvalue weighted by Gasteiger charge is -2.38. The van der Waals surface area contributed by atoms with Crippen LogP contribution in [-0.2, 0) is 4.79 Å². The van der Waals surface area contributed by atoms with Crippen molar-refractivity contribution in [1.29, 1.82) is 0 Å². The standard InChI is InChI=1S/C15H28N2O2/c1-4-13-6-5-9-17(13)10-15(14(18)19,12-7-8-12)16-11(2)3/h11-13,16H,4-10H2,1-3H3,(H,18,19). The molecular formula is C15H28N2O2. The minimum absolute atomic E-state index is 0.208. The van der Waals surface area contributed by atoms with Crippen molar-refractivity contribution in [2.45, 2.75) is 70.5 Å². The Morgan fingerprint density at radius 3 is 2.58 bits per heavy atom. The second-order valence-corrected chi connectivity index (χ2v) is 6.52. The van der Waals surface area contributed by atoms with Crippen LogP contribution in [0.1, 0.15) is 52.9 Å². The minimum Gasteiger partial charge on any atom is -0.480 e. The van der Waals surface area contributed by atoms with Crippen molar-refractivity contribution in [3.8, 4) is 0 Å². The van der Waals surface area contributed by atoms with Crippen LogP contribution < -0.4 is 5.32 Å². The Morgan fingerprint density at radius 1 is 1.42 bits per heavy atom. The van der Waals surface area contributed by atoms with Gasteiger partial charge in [-0.25, -0.2) is 0 Å². The van der Waals surface area contributed by atoms with Crippen LogP contribution in [0.3, 0.4) is 0 Å². The van der Waals surface area contributed by atoms with Crippen LogP contribution in [0, 0.1) is 5.92 Å². The molecule has 2 N–H and O–H groups in total. The van der Waals surface area contributed by atoms with Crippen molar-refractivity contribution in [3.05, 3.63) is 0 Å². The minimum atomic E-state index is -0.730. The van der Waals surface area contributed by atoms with Gasteiger partial charge in [-0.05, 0) is 58.4 Å². The Bertz CT molecular complexity index is 328. The quantitative estimate of drug-likeness (QED) is 0.742. The van der Waals surface area contributed by atoms with E-state index in [0.717, 1.165) is 25.8 Å². The molecule has 19 heavy (non-hydrogen) atoms. The number of carboxylic acids is 1. The van der Waals surface area contributed by atoms with Crippen molar-refractivity contribution >= 4 is 5.97 Å². The fraction of sp³-hybridized carbons (Fsp3) is 0.933. The lowest BCUT2D eigenvalue weighted by molar-refractivity contribution is -0.147. The first-order chi connectivity index (χ1) is 8.99. The monoisotopic (exact) mass is 268 g/mol. The molecule has 0 aromatic rings. The van der Waals surface area contributed by atoms with Crippen LogP contribution in [0.5, 0.6) is 0 Å². The Balaban J connectivity index is 2.14. The highest BCUT2D eigenvalue weighted by molar-refractivity contribution is 5.80. The van der Waals surface area contributed by atoms with Crippen LogP contribution in [0.4, 0.5) is 0 Å². The lowest BCUT2D eigenvalue weighted by atomic mass is 9.91. The first-order valence-corrected chi connectivity index (χ1v) is 7.74. The second-order valence-electron chi connectivity index (χ2n) is 6.52. The number of carbonyl (C=O) groups is 1. The van der Waals surface area contributed by atoms with Crippen LogP contribution in [0.2, 0.25) is 0 Å². The molecule has 0 bridgehead atoms. The fourth-order valence-electron chi connectivity index (χ4n) is 3.57. The molecule has 2 atom stereocenters. The van der Waals surface area contributed by atoms with Gasteiger partial charge in [-0.15, -0.1) is 0 Å². The number of nitrogens with one attached hydrogen (secondary N) is 1. The molecule has 1 aliphatic heterocycles. The highest BCUT2D eigenvalue weighted by atomic mass is 16.4. The summed E-state index contributed by atoms with van der Waals surface area (Å²) in [6, 6.07) is 0.783. The van der Waals surface area contributed by atoms with Gasteiger partial charge in [-0.3, -0.25) is 15.0 Å². The molecule has 2 rings (SSSR count). The zero-order valence-corrected chi connectivity index (χ0v) is 12.5. The highest BCUT2D eigenvalue weighted by Crippen LogP contribution is 2.41. The molecule has 0 aromatic heterocycles. The summed E-state index contributed by atoms with van der Waals surface area (Å²) >= 11 is 0.